The van der Waals surface area contributed by atoms with E-state index >= 15 is 0 Å². The predicted molar refractivity (Wildman–Crippen MR) is 109 cm³/mol. The molecule has 1 aromatic heterocycles. The van der Waals surface area contributed by atoms with E-state index in [-0.39, 0.29) is 24.4 Å². The molecular formula is C23H22N2O4. The van der Waals surface area contributed by atoms with E-state index in [0.29, 0.717) is 17.6 Å². The molecule has 1 saturated heterocycles. The summed E-state index contributed by atoms with van der Waals surface area (Å²) in [7, 11) is 0. The highest BCUT2D eigenvalue weighted by molar-refractivity contribution is 6.09. The number of carbonyl (C=O) groups excluding carboxylic acids is 2. The topological polar surface area (TPSA) is 79.6 Å². The van der Waals surface area contributed by atoms with Crippen molar-refractivity contribution in [1.82, 2.24) is 10.2 Å². The van der Waals surface area contributed by atoms with Gasteiger partial charge in [-0.15, -0.1) is 0 Å². The second kappa shape index (κ2) is 6.44. The summed E-state index contributed by atoms with van der Waals surface area (Å²) in [6.07, 6.45) is 3.58. The third kappa shape index (κ3) is 2.66. The van der Waals surface area contributed by atoms with E-state index in [1.54, 1.807) is 6.07 Å². The Morgan fingerprint density at radius 1 is 1.14 bits per heavy atom. The molecule has 1 spiro atoms. The van der Waals surface area contributed by atoms with Crippen LogP contribution in [0.1, 0.15) is 38.2 Å². The van der Waals surface area contributed by atoms with Gasteiger partial charge >= 0.3 is 11.7 Å². The zero-order valence-corrected chi connectivity index (χ0v) is 16.2. The first-order chi connectivity index (χ1) is 14.0. The van der Waals surface area contributed by atoms with Crippen LogP contribution >= 0.6 is 0 Å². The molecule has 1 N–H and O–H groups in total. The zero-order valence-electron chi connectivity index (χ0n) is 16.2. The van der Waals surface area contributed by atoms with Crippen LogP contribution in [0.5, 0.6) is 0 Å². The lowest BCUT2D eigenvalue weighted by molar-refractivity contribution is -0.134. The number of amides is 3. The molecule has 2 heterocycles. The van der Waals surface area contributed by atoms with Crippen LogP contribution in [0.25, 0.3) is 21.7 Å². The summed E-state index contributed by atoms with van der Waals surface area (Å²) < 4.78 is 5.40. The lowest BCUT2D eigenvalue weighted by atomic mass is 9.73. The number of carbonyl (C=O) groups is 2. The molecule has 6 nitrogen and oxygen atoms in total. The molecule has 1 aliphatic heterocycles. The Labute approximate surface area is 167 Å². The van der Waals surface area contributed by atoms with E-state index < -0.39 is 11.2 Å². The maximum atomic E-state index is 13.3. The molecule has 1 saturated carbocycles. The van der Waals surface area contributed by atoms with Crippen molar-refractivity contribution >= 4 is 33.7 Å². The summed E-state index contributed by atoms with van der Waals surface area (Å²) in [5, 5.41) is 5.67. The quantitative estimate of drug-likeness (QED) is 0.408. The minimum Gasteiger partial charge on any atom is -0.423 e. The average molecular weight is 390 g/mol. The van der Waals surface area contributed by atoms with Gasteiger partial charge in [0.15, 0.2) is 0 Å². The number of rotatable bonds is 2. The van der Waals surface area contributed by atoms with Gasteiger partial charge < -0.3 is 9.73 Å². The van der Waals surface area contributed by atoms with Gasteiger partial charge in [0, 0.05) is 11.5 Å². The summed E-state index contributed by atoms with van der Waals surface area (Å²) in [6.45, 7) is 2.08. The fourth-order valence-corrected chi connectivity index (χ4v) is 4.95. The second-order valence-corrected chi connectivity index (χ2v) is 8.19. The van der Waals surface area contributed by atoms with Gasteiger partial charge in [0.2, 0.25) is 0 Å². The van der Waals surface area contributed by atoms with Crippen molar-refractivity contribution in [2.24, 2.45) is 5.92 Å². The first-order valence-corrected chi connectivity index (χ1v) is 10.1. The fraction of sp³-hybridized carbons (Fsp3) is 0.348. The third-order valence-corrected chi connectivity index (χ3v) is 6.54. The molecule has 2 atom stereocenters. The smallest absolute Gasteiger partial charge is 0.336 e. The Kier molecular flexibility index (Phi) is 3.98. The predicted octanol–water partition coefficient (Wildman–Crippen LogP) is 3.95. The highest BCUT2D eigenvalue weighted by Crippen LogP contribution is 2.39. The van der Waals surface area contributed by atoms with Gasteiger partial charge in [-0.2, -0.15) is 0 Å². The van der Waals surface area contributed by atoms with Crippen LogP contribution in [-0.2, 0) is 11.3 Å². The van der Waals surface area contributed by atoms with Crippen molar-refractivity contribution in [2.45, 2.75) is 44.7 Å². The highest BCUT2D eigenvalue weighted by atomic mass is 16.4. The number of nitrogens with one attached hydrogen (secondary N) is 1. The minimum absolute atomic E-state index is 0.0508. The summed E-state index contributed by atoms with van der Waals surface area (Å²) in [6, 6.07) is 12.5. The molecule has 5 rings (SSSR count). The van der Waals surface area contributed by atoms with E-state index in [1.807, 2.05) is 37.3 Å². The van der Waals surface area contributed by atoms with Gasteiger partial charge in [-0.05, 0) is 41.2 Å². The SMILES string of the molecule is C[C@H]1CCCC[C@]12NC(=O)N(Cc1cc(=O)oc3ccc4ccccc4c13)C2=O. The Morgan fingerprint density at radius 3 is 2.79 bits per heavy atom. The maximum Gasteiger partial charge on any atom is 0.336 e. The summed E-state index contributed by atoms with van der Waals surface area (Å²) in [5.41, 5.74) is -0.223. The number of hydrogen-bond donors (Lipinski definition) is 1. The number of imide groups is 1. The van der Waals surface area contributed by atoms with Crippen LogP contribution in [0, 0.1) is 5.92 Å². The molecule has 3 amide bonds. The van der Waals surface area contributed by atoms with Crippen LogP contribution in [0.4, 0.5) is 4.79 Å². The van der Waals surface area contributed by atoms with Gasteiger partial charge in [-0.1, -0.05) is 50.1 Å². The third-order valence-electron chi connectivity index (χ3n) is 6.54. The van der Waals surface area contributed by atoms with Crippen LogP contribution in [0.2, 0.25) is 0 Å². The molecule has 0 bridgehead atoms. The first kappa shape index (κ1) is 17.9. The largest absolute Gasteiger partial charge is 0.423 e. The van der Waals surface area contributed by atoms with Crippen LogP contribution < -0.4 is 10.9 Å². The normalized spacial score (nSPS) is 24.6. The molecule has 0 radical (unpaired) electrons. The molecule has 1 aliphatic carbocycles. The molecule has 3 aromatic rings. The van der Waals surface area contributed by atoms with Gasteiger partial charge in [-0.3, -0.25) is 9.69 Å². The molecule has 29 heavy (non-hydrogen) atoms. The molecule has 6 heteroatoms. The standard InChI is InChI=1S/C23H22N2O4/c1-14-6-4-5-11-23(14)21(27)25(22(28)24-23)13-16-12-19(26)29-18-10-9-15-7-2-3-8-17(15)20(16)18/h2-3,7-10,12,14H,4-6,11,13H2,1H3,(H,24,28)/t14-,23-/m0/s1. The number of nitrogens with zero attached hydrogens (tertiary/aromatic N) is 1. The first-order valence-electron chi connectivity index (χ1n) is 10.1. The van der Waals surface area contributed by atoms with Crippen molar-refractivity contribution in [3.8, 4) is 0 Å². The number of fused-ring (bicyclic) bond motifs is 3. The van der Waals surface area contributed by atoms with Crippen molar-refractivity contribution in [1.29, 1.82) is 0 Å². The summed E-state index contributed by atoms with van der Waals surface area (Å²) in [5.74, 6) is -0.0903. The highest BCUT2D eigenvalue weighted by Gasteiger charge is 2.54. The number of urea groups is 1. The fourth-order valence-electron chi connectivity index (χ4n) is 4.95. The Morgan fingerprint density at radius 2 is 1.97 bits per heavy atom. The monoisotopic (exact) mass is 390 g/mol. The Balaban J connectivity index is 1.62. The summed E-state index contributed by atoms with van der Waals surface area (Å²) in [4.78, 5) is 39.5. The maximum absolute atomic E-state index is 13.3. The van der Waals surface area contributed by atoms with E-state index in [2.05, 4.69) is 5.32 Å². The summed E-state index contributed by atoms with van der Waals surface area (Å²) >= 11 is 0. The molecule has 148 valence electrons. The lowest BCUT2D eigenvalue weighted by Crippen LogP contribution is -2.53. The molecule has 2 aromatic carbocycles. The zero-order chi connectivity index (χ0) is 20.2. The average Bonchev–Trinajstić information content (AvgIpc) is 2.94. The van der Waals surface area contributed by atoms with E-state index in [1.165, 1.54) is 11.0 Å². The Bertz CT molecular complexity index is 1210. The van der Waals surface area contributed by atoms with Crippen molar-refractivity contribution in [3.05, 3.63) is 58.4 Å². The van der Waals surface area contributed by atoms with E-state index in [0.717, 1.165) is 35.4 Å². The van der Waals surface area contributed by atoms with Gasteiger partial charge in [0.05, 0.1) is 6.54 Å². The molecule has 0 unspecified atom stereocenters. The molecule has 2 fully saturated rings. The van der Waals surface area contributed by atoms with Crippen molar-refractivity contribution < 1.29 is 14.0 Å². The van der Waals surface area contributed by atoms with Crippen LogP contribution in [-0.4, -0.2) is 22.4 Å². The van der Waals surface area contributed by atoms with Gasteiger partial charge in [0.1, 0.15) is 11.1 Å². The van der Waals surface area contributed by atoms with Gasteiger partial charge in [-0.25, -0.2) is 9.59 Å². The second-order valence-electron chi connectivity index (χ2n) is 8.19. The lowest BCUT2D eigenvalue weighted by Gasteiger charge is -2.36. The van der Waals surface area contributed by atoms with Gasteiger partial charge in [0.25, 0.3) is 5.91 Å². The van der Waals surface area contributed by atoms with Crippen LogP contribution in [0.3, 0.4) is 0 Å². The van der Waals surface area contributed by atoms with E-state index in [9.17, 15) is 14.4 Å². The van der Waals surface area contributed by atoms with Crippen LogP contribution in [0.15, 0.2) is 51.7 Å². The minimum atomic E-state index is -0.813. The van der Waals surface area contributed by atoms with E-state index in [4.69, 9.17) is 4.42 Å². The molecule has 2 aliphatic rings. The number of benzene rings is 2. The molecular weight excluding hydrogens is 368 g/mol. The number of hydrogen-bond acceptors (Lipinski definition) is 4. The Hall–Kier alpha value is -3.15. The van der Waals surface area contributed by atoms with Crippen molar-refractivity contribution in [2.75, 3.05) is 0 Å². The van der Waals surface area contributed by atoms with Crippen molar-refractivity contribution in [3.63, 3.8) is 0 Å².